The van der Waals surface area contributed by atoms with Crippen LogP contribution in [-0.4, -0.2) is 19.5 Å². The summed E-state index contributed by atoms with van der Waals surface area (Å²) < 4.78 is 5.74. The Balaban J connectivity index is 0.00000288. The number of halogens is 1. The minimum atomic E-state index is 0. The molecule has 0 fully saturated rings. The summed E-state index contributed by atoms with van der Waals surface area (Å²) in [6.07, 6.45) is 0.496. The first-order valence-electron chi connectivity index (χ1n) is 7.88. The zero-order valence-corrected chi connectivity index (χ0v) is 14.8. The van der Waals surface area contributed by atoms with Gasteiger partial charge in [-0.2, -0.15) is 0 Å². The standard InChI is InChI=1S/C19H24N2O2.ClH/c1-20-11-10-19(22)21-13-17-8-5-9-18(12-17)15-23-14-16-6-3-2-4-7-16;/h2-9,12,20H,10-11,13-15H2,1H3,(H,21,22);1H. The van der Waals surface area contributed by atoms with Gasteiger partial charge in [0.1, 0.15) is 0 Å². The second-order valence-corrected chi connectivity index (χ2v) is 5.43. The fraction of sp³-hybridized carbons (Fsp3) is 0.316. The third-order valence-electron chi connectivity index (χ3n) is 3.46. The van der Waals surface area contributed by atoms with Gasteiger partial charge in [0.05, 0.1) is 13.2 Å². The van der Waals surface area contributed by atoms with Crippen LogP contribution in [0, 0.1) is 0 Å². The summed E-state index contributed by atoms with van der Waals surface area (Å²) in [7, 11) is 1.84. The Morgan fingerprint density at radius 1 is 0.958 bits per heavy atom. The molecule has 2 aromatic carbocycles. The maximum absolute atomic E-state index is 11.6. The van der Waals surface area contributed by atoms with E-state index in [4.69, 9.17) is 4.74 Å². The molecule has 0 aliphatic rings. The molecule has 2 rings (SSSR count). The second kappa shape index (κ2) is 11.6. The number of benzene rings is 2. The highest BCUT2D eigenvalue weighted by Gasteiger charge is 2.02. The van der Waals surface area contributed by atoms with Crippen molar-refractivity contribution in [3.63, 3.8) is 0 Å². The highest BCUT2D eigenvalue weighted by atomic mass is 35.5. The number of amides is 1. The lowest BCUT2D eigenvalue weighted by molar-refractivity contribution is -0.121. The SMILES string of the molecule is CNCCC(=O)NCc1cccc(COCc2ccccc2)c1.Cl. The van der Waals surface area contributed by atoms with Crippen LogP contribution in [0.3, 0.4) is 0 Å². The van der Waals surface area contributed by atoms with Gasteiger partial charge in [0.25, 0.3) is 0 Å². The Morgan fingerprint density at radius 3 is 2.38 bits per heavy atom. The molecule has 0 atom stereocenters. The van der Waals surface area contributed by atoms with Gasteiger partial charge >= 0.3 is 0 Å². The average molecular weight is 349 g/mol. The van der Waals surface area contributed by atoms with Gasteiger partial charge in [0.2, 0.25) is 5.91 Å². The minimum Gasteiger partial charge on any atom is -0.372 e. The van der Waals surface area contributed by atoms with Crippen molar-refractivity contribution in [3.8, 4) is 0 Å². The fourth-order valence-corrected chi connectivity index (χ4v) is 2.22. The highest BCUT2D eigenvalue weighted by molar-refractivity contribution is 5.85. The molecule has 2 aromatic rings. The van der Waals surface area contributed by atoms with Crippen molar-refractivity contribution in [1.82, 2.24) is 10.6 Å². The molecule has 0 saturated carbocycles. The van der Waals surface area contributed by atoms with E-state index in [1.54, 1.807) is 0 Å². The molecule has 4 nitrogen and oxygen atoms in total. The minimum absolute atomic E-state index is 0. The number of hydrogen-bond acceptors (Lipinski definition) is 3. The van der Waals surface area contributed by atoms with E-state index in [1.165, 1.54) is 5.56 Å². The van der Waals surface area contributed by atoms with Crippen LogP contribution < -0.4 is 10.6 Å². The van der Waals surface area contributed by atoms with E-state index in [2.05, 4.69) is 28.8 Å². The first-order valence-corrected chi connectivity index (χ1v) is 7.88. The number of hydrogen-bond donors (Lipinski definition) is 2. The molecule has 0 saturated heterocycles. The number of carbonyl (C=O) groups is 1. The molecule has 0 heterocycles. The summed E-state index contributed by atoms with van der Waals surface area (Å²) in [5.41, 5.74) is 3.37. The Morgan fingerprint density at radius 2 is 1.62 bits per heavy atom. The lowest BCUT2D eigenvalue weighted by atomic mass is 10.1. The van der Waals surface area contributed by atoms with Crippen LogP contribution in [0.15, 0.2) is 54.6 Å². The van der Waals surface area contributed by atoms with Gasteiger partial charge in [-0.15, -0.1) is 12.4 Å². The second-order valence-electron chi connectivity index (χ2n) is 5.43. The topological polar surface area (TPSA) is 50.4 Å². The van der Waals surface area contributed by atoms with Crippen LogP contribution >= 0.6 is 12.4 Å². The van der Waals surface area contributed by atoms with Crippen LogP contribution in [0.4, 0.5) is 0 Å². The largest absolute Gasteiger partial charge is 0.372 e. The lowest BCUT2D eigenvalue weighted by Gasteiger charge is -2.08. The number of ether oxygens (including phenoxy) is 1. The fourth-order valence-electron chi connectivity index (χ4n) is 2.22. The molecular formula is C19H25ClN2O2. The molecule has 5 heteroatoms. The van der Waals surface area contributed by atoms with Crippen molar-refractivity contribution in [1.29, 1.82) is 0 Å². The molecule has 0 unspecified atom stereocenters. The van der Waals surface area contributed by atoms with Crippen LogP contribution in [0.1, 0.15) is 23.1 Å². The zero-order chi connectivity index (χ0) is 16.3. The normalized spacial score (nSPS) is 10.0. The van der Waals surface area contributed by atoms with Crippen molar-refractivity contribution < 1.29 is 9.53 Å². The maximum Gasteiger partial charge on any atom is 0.221 e. The van der Waals surface area contributed by atoms with Gasteiger partial charge < -0.3 is 15.4 Å². The quantitative estimate of drug-likeness (QED) is 0.732. The predicted molar refractivity (Wildman–Crippen MR) is 99.0 cm³/mol. The summed E-state index contributed by atoms with van der Waals surface area (Å²) in [6, 6.07) is 18.2. The number of rotatable bonds is 9. The van der Waals surface area contributed by atoms with Gasteiger partial charge in [-0.25, -0.2) is 0 Å². The van der Waals surface area contributed by atoms with Gasteiger partial charge in [0.15, 0.2) is 0 Å². The van der Waals surface area contributed by atoms with Crippen molar-refractivity contribution in [2.75, 3.05) is 13.6 Å². The number of nitrogens with one attached hydrogen (secondary N) is 2. The summed E-state index contributed by atoms with van der Waals surface area (Å²) >= 11 is 0. The third-order valence-corrected chi connectivity index (χ3v) is 3.46. The van der Waals surface area contributed by atoms with E-state index in [1.807, 2.05) is 43.4 Å². The maximum atomic E-state index is 11.6. The van der Waals surface area contributed by atoms with Crippen molar-refractivity contribution in [2.24, 2.45) is 0 Å². The molecule has 24 heavy (non-hydrogen) atoms. The molecule has 0 spiro atoms. The van der Waals surface area contributed by atoms with Crippen LogP contribution in [0.25, 0.3) is 0 Å². The molecular weight excluding hydrogens is 324 g/mol. The first kappa shape index (κ1) is 20.2. The predicted octanol–water partition coefficient (Wildman–Crippen LogP) is 3.05. The Hall–Kier alpha value is -1.88. The van der Waals surface area contributed by atoms with E-state index in [0.717, 1.165) is 11.1 Å². The van der Waals surface area contributed by atoms with E-state index in [0.29, 0.717) is 32.7 Å². The summed E-state index contributed by atoms with van der Waals surface area (Å²) in [4.78, 5) is 11.6. The van der Waals surface area contributed by atoms with Crippen LogP contribution in [-0.2, 0) is 29.3 Å². The highest BCUT2D eigenvalue weighted by Crippen LogP contribution is 2.09. The molecule has 0 aliphatic heterocycles. The zero-order valence-electron chi connectivity index (χ0n) is 14.0. The van der Waals surface area contributed by atoms with Gasteiger partial charge in [-0.05, 0) is 23.7 Å². The summed E-state index contributed by atoms with van der Waals surface area (Å²) in [5.74, 6) is 0.0603. The summed E-state index contributed by atoms with van der Waals surface area (Å²) in [5, 5.41) is 5.89. The monoisotopic (exact) mass is 348 g/mol. The van der Waals surface area contributed by atoms with Crippen molar-refractivity contribution >= 4 is 18.3 Å². The molecule has 0 aliphatic carbocycles. The molecule has 0 aromatic heterocycles. The summed E-state index contributed by atoms with van der Waals surface area (Å²) in [6.45, 7) is 2.41. The van der Waals surface area contributed by atoms with Crippen LogP contribution in [0.5, 0.6) is 0 Å². The lowest BCUT2D eigenvalue weighted by Crippen LogP contribution is -2.26. The smallest absolute Gasteiger partial charge is 0.221 e. The molecule has 130 valence electrons. The Kier molecular flexibility index (Phi) is 9.77. The van der Waals surface area contributed by atoms with E-state index < -0.39 is 0 Å². The van der Waals surface area contributed by atoms with Crippen molar-refractivity contribution in [2.45, 2.75) is 26.2 Å². The van der Waals surface area contributed by atoms with E-state index in [9.17, 15) is 4.79 Å². The van der Waals surface area contributed by atoms with Gasteiger partial charge in [-0.3, -0.25) is 4.79 Å². The molecule has 0 radical (unpaired) electrons. The Labute approximate surface area is 150 Å². The third kappa shape index (κ3) is 7.59. The molecule has 1 amide bonds. The van der Waals surface area contributed by atoms with Crippen LogP contribution in [0.2, 0.25) is 0 Å². The van der Waals surface area contributed by atoms with Gasteiger partial charge in [0, 0.05) is 19.5 Å². The Bertz CT molecular complexity index is 605. The molecule has 2 N–H and O–H groups in total. The van der Waals surface area contributed by atoms with Crippen molar-refractivity contribution in [3.05, 3.63) is 71.3 Å². The molecule has 0 bridgehead atoms. The first-order chi connectivity index (χ1) is 11.3. The van der Waals surface area contributed by atoms with E-state index >= 15 is 0 Å². The number of carbonyl (C=O) groups excluding carboxylic acids is 1. The van der Waals surface area contributed by atoms with E-state index in [-0.39, 0.29) is 18.3 Å². The average Bonchev–Trinajstić information content (AvgIpc) is 2.59. The van der Waals surface area contributed by atoms with Gasteiger partial charge in [-0.1, -0.05) is 54.6 Å².